The molecule has 3 rings (SSSR count). The van der Waals surface area contributed by atoms with E-state index >= 15 is 0 Å². The number of nitrogens with zero attached hydrogens (tertiary/aromatic N) is 2. The SMILES string of the molecule is COC(=O)CN(Cc1ccc(Cl)cc1)C(=O)c1sc(COc2ccc(F)cc2)nc1C. The summed E-state index contributed by atoms with van der Waals surface area (Å²) in [7, 11) is 1.27. The lowest BCUT2D eigenvalue weighted by Crippen LogP contribution is -2.35. The highest BCUT2D eigenvalue weighted by Crippen LogP contribution is 2.23. The first kappa shape index (κ1) is 22.7. The minimum atomic E-state index is -0.524. The van der Waals surface area contributed by atoms with Crippen LogP contribution >= 0.6 is 22.9 Å². The van der Waals surface area contributed by atoms with Crippen molar-refractivity contribution in [1.29, 1.82) is 0 Å². The predicted octanol–water partition coefficient (Wildman–Crippen LogP) is 4.64. The number of ether oxygens (including phenoxy) is 2. The van der Waals surface area contributed by atoms with Gasteiger partial charge in [-0.15, -0.1) is 11.3 Å². The Morgan fingerprint density at radius 2 is 1.81 bits per heavy atom. The van der Waals surface area contributed by atoms with Gasteiger partial charge < -0.3 is 14.4 Å². The standard InChI is InChI=1S/C22H20ClFN2O4S/c1-14-21(31-19(25-14)13-30-18-9-7-17(24)8-10-18)22(28)26(12-20(27)29-2)11-15-3-5-16(23)6-4-15/h3-10H,11-13H2,1-2H3. The smallest absolute Gasteiger partial charge is 0.325 e. The van der Waals surface area contributed by atoms with Crippen molar-refractivity contribution >= 4 is 34.8 Å². The number of rotatable bonds is 8. The van der Waals surface area contributed by atoms with E-state index in [2.05, 4.69) is 4.98 Å². The van der Waals surface area contributed by atoms with E-state index in [1.54, 1.807) is 31.2 Å². The van der Waals surface area contributed by atoms with Crippen LogP contribution in [0.5, 0.6) is 5.75 Å². The minimum absolute atomic E-state index is 0.138. The van der Waals surface area contributed by atoms with Gasteiger partial charge in [-0.1, -0.05) is 23.7 Å². The quantitative estimate of drug-likeness (QED) is 0.456. The molecular weight excluding hydrogens is 443 g/mol. The zero-order chi connectivity index (χ0) is 22.4. The van der Waals surface area contributed by atoms with E-state index in [0.29, 0.717) is 26.4 Å². The topological polar surface area (TPSA) is 68.7 Å². The molecule has 0 unspecified atom stereocenters. The summed E-state index contributed by atoms with van der Waals surface area (Å²) >= 11 is 7.12. The van der Waals surface area contributed by atoms with Crippen molar-refractivity contribution in [3.63, 3.8) is 0 Å². The van der Waals surface area contributed by atoms with Crippen molar-refractivity contribution in [2.24, 2.45) is 0 Å². The lowest BCUT2D eigenvalue weighted by atomic mass is 10.2. The molecule has 0 aliphatic heterocycles. The van der Waals surface area contributed by atoms with Gasteiger partial charge in [0.15, 0.2) is 0 Å². The Bertz CT molecular complexity index is 1050. The molecule has 1 heterocycles. The maximum absolute atomic E-state index is 13.2. The van der Waals surface area contributed by atoms with Gasteiger partial charge in [0.05, 0.1) is 12.8 Å². The van der Waals surface area contributed by atoms with E-state index in [9.17, 15) is 14.0 Å². The van der Waals surface area contributed by atoms with E-state index in [1.165, 1.54) is 47.6 Å². The molecule has 2 aromatic carbocycles. The summed E-state index contributed by atoms with van der Waals surface area (Å²) < 4.78 is 23.4. The number of aromatic nitrogens is 1. The van der Waals surface area contributed by atoms with Crippen LogP contribution in [0.2, 0.25) is 5.02 Å². The number of carbonyl (C=O) groups excluding carboxylic acids is 2. The first-order valence-corrected chi connectivity index (χ1v) is 10.5. The third-order valence-electron chi connectivity index (χ3n) is 4.33. The van der Waals surface area contributed by atoms with Crippen molar-refractivity contribution < 1.29 is 23.5 Å². The Labute approximate surface area is 188 Å². The molecule has 0 aliphatic rings. The summed E-state index contributed by atoms with van der Waals surface area (Å²) in [6, 6.07) is 12.7. The second-order valence-corrected chi connectivity index (χ2v) is 8.15. The van der Waals surface area contributed by atoms with Crippen LogP contribution in [-0.2, 0) is 22.7 Å². The number of methoxy groups -OCH3 is 1. The number of aryl methyl sites for hydroxylation is 1. The van der Waals surface area contributed by atoms with Gasteiger partial charge in [-0.3, -0.25) is 9.59 Å². The maximum Gasteiger partial charge on any atom is 0.325 e. The van der Waals surface area contributed by atoms with Crippen LogP contribution in [0.25, 0.3) is 0 Å². The van der Waals surface area contributed by atoms with Crippen molar-refractivity contribution in [1.82, 2.24) is 9.88 Å². The number of halogens is 2. The highest BCUT2D eigenvalue weighted by atomic mass is 35.5. The molecule has 0 spiro atoms. The summed E-state index contributed by atoms with van der Waals surface area (Å²) in [4.78, 5) is 31.3. The summed E-state index contributed by atoms with van der Waals surface area (Å²) in [5, 5.41) is 1.17. The fraction of sp³-hybridized carbons (Fsp3) is 0.227. The Morgan fingerprint density at radius 3 is 2.45 bits per heavy atom. The second-order valence-electron chi connectivity index (χ2n) is 6.63. The van der Waals surface area contributed by atoms with Crippen LogP contribution in [0.15, 0.2) is 48.5 Å². The van der Waals surface area contributed by atoms with Gasteiger partial charge >= 0.3 is 5.97 Å². The summed E-state index contributed by atoms with van der Waals surface area (Å²) in [5.41, 5.74) is 1.36. The zero-order valence-corrected chi connectivity index (χ0v) is 18.5. The van der Waals surface area contributed by atoms with Gasteiger partial charge in [0.2, 0.25) is 0 Å². The molecule has 9 heteroatoms. The summed E-state index contributed by atoms with van der Waals surface area (Å²) in [6.07, 6.45) is 0. The highest BCUT2D eigenvalue weighted by molar-refractivity contribution is 7.13. The molecular formula is C22H20ClFN2O4S. The van der Waals surface area contributed by atoms with Crippen molar-refractivity contribution in [3.8, 4) is 5.75 Å². The number of thiazole rings is 1. The molecule has 0 radical (unpaired) electrons. The third kappa shape index (κ3) is 6.26. The molecule has 0 aliphatic carbocycles. The monoisotopic (exact) mass is 462 g/mol. The predicted molar refractivity (Wildman–Crippen MR) is 116 cm³/mol. The Hall–Kier alpha value is -2.97. The number of amides is 1. The molecule has 0 bridgehead atoms. The van der Waals surface area contributed by atoms with E-state index in [0.717, 1.165) is 5.56 Å². The van der Waals surface area contributed by atoms with Gasteiger partial charge in [-0.25, -0.2) is 9.37 Å². The number of carbonyl (C=O) groups is 2. The van der Waals surface area contributed by atoms with Crippen molar-refractivity contribution in [2.45, 2.75) is 20.1 Å². The molecule has 0 atom stereocenters. The highest BCUT2D eigenvalue weighted by Gasteiger charge is 2.24. The number of hydrogen-bond donors (Lipinski definition) is 0. The third-order valence-corrected chi connectivity index (χ3v) is 5.70. The Morgan fingerprint density at radius 1 is 1.13 bits per heavy atom. The van der Waals surface area contributed by atoms with Crippen LogP contribution in [0, 0.1) is 12.7 Å². The lowest BCUT2D eigenvalue weighted by molar-refractivity contribution is -0.141. The van der Waals surface area contributed by atoms with Crippen LogP contribution in [0.1, 0.15) is 25.9 Å². The van der Waals surface area contributed by atoms with E-state index in [-0.39, 0.29) is 31.4 Å². The molecule has 1 amide bonds. The number of esters is 1. The zero-order valence-electron chi connectivity index (χ0n) is 16.9. The van der Waals surface area contributed by atoms with Gasteiger partial charge in [0.25, 0.3) is 5.91 Å². The van der Waals surface area contributed by atoms with E-state index in [1.807, 2.05) is 0 Å². The van der Waals surface area contributed by atoms with Crippen LogP contribution in [-0.4, -0.2) is 35.4 Å². The van der Waals surface area contributed by atoms with Crippen molar-refractivity contribution in [2.75, 3.05) is 13.7 Å². The molecule has 162 valence electrons. The van der Waals surface area contributed by atoms with Gasteiger partial charge in [0, 0.05) is 11.6 Å². The fourth-order valence-electron chi connectivity index (χ4n) is 2.76. The first-order valence-electron chi connectivity index (χ1n) is 9.31. The second kappa shape index (κ2) is 10.4. The molecule has 1 aromatic heterocycles. The molecule has 0 saturated carbocycles. The maximum atomic E-state index is 13.2. The Balaban J connectivity index is 1.75. The van der Waals surface area contributed by atoms with Gasteiger partial charge in [-0.2, -0.15) is 0 Å². The summed E-state index contributed by atoms with van der Waals surface area (Å²) in [6.45, 7) is 1.88. The molecule has 0 fully saturated rings. The Kier molecular flexibility index (Phi) is 7.59. The normalized spacial score (nSPS) is 10.6. The minimum Gasteiger partial charge on any atom is -0.486 e. The molecule has 3 aromatic rings. The molecule has 6 nitrogen and oxygen atoms in total. The molecule has 0 N–H and O–H groups in total. The fourth-order valence-corrected chi connectivity index (χ4v) is 3.83. The van der Waals surface area contributed by atoms with Crippen LogP contribution < -0.4 is 4.74 Å². The average molecular weight is 463 g/mol. The lowest BCUT2D eigenvalue weighted by Gasteiger charge is -2.21. The summed E-state index contributed by atoms with van der Waals surface area (Å²) in [5.74, 6) is -0.707. The number of benzene rings is 2. The van der Waals surface area contributed by atoms with Gasteiger partial charge in [0.1, 0.15) is 34.6 Å². The van der Waals surface area contributed by atoms with Gasteiger partial charge in [-0.05, 0) is 48.9 Å². The largest absolute Gasteiger partial charge is 0.486 e. The molecule has 0 saturated heterocycles. The van der Waals surface area contributed by atoms with Crippen molar-refractivity contribution in [3.05, 3.63) is 80.5 Å². The first-order chi connectivity index (χ1) is 14.9. The number of hydrogen-bond acceptors (Lipinski definition) is 6. The molecule has 31 heavy (non-hydrogen) atoms. The van der Waals surface area contributed by atoms with E-state index in [4.69, 9.17) is 21.1 Å². The average Bonchev–Trinajstić information content (AvgIpc) is 3.14. The van der Waals surface area contributed by atoms with E-state index < -0.39 is 5.97 Å². The van der Waals surface area contributed by atoms with Crippen LogP contribution in [0.3, 0.4) is 0 Å². The van der Waals surface area contributed by atoms with Crippen LogP contribution in [0.4, 0.5) is 4.39 Å².